The maximum absolute atomic E-state index is 13.6. The fraction of sp³-hybridized carbons (Fsp3) is 0.450. The topological polar surface area (TPSA) is 32.3 Å². The van der Waals surface area contributed by atoms with Crippen LogP contribution >= 0.6 is 11.8 Å². The number of para-hydroxylation sites is 1. The zero-order chi connectivity index (χ0) is 16.5. The van der Waals surface area contributed by atoms with Crippen LogP contribution in [0.1, 0.15) is 25.3 Å². The summed E-state index contributed by atoms with van der Waals surface area (Å²) in [6, 6.07) is 8.90. The number of fused-ring (bicyclic) bond motifs is 1. The van der Waals surface area contributed by atoms with Gasteiger partial charge in [0, 0.05) is 30.5 Å². The van der Waals surface area contributed by atoms with E-state index in [2.05, 4.69) is 53.6 Å². The molecule has 124 valence electrons. The summed E-state index contributed by atoms with van der Waals surface area (Å²) in [6.45, 7) is 4.20. The molecule has 3 atom stereocenters. The Balaban J connectivity index is 1.88. The molecule has 3 aliphatic heterocycles. The Morgan fingerprint density at radius 2 is 2.21 bits per heavy atom. The van der Waals surface area contributed by atoms with Gasteiger partial charge in [0.15, 0.2) is 5.78 Å². The Morgan fingerprint density at radius 1 is 1.38 bits per heavy atom. The van der Waals surface area contributed by atoms with Crippen LogP contribution in [0.4, 0.5) is 5.69 Å². The second-order valence-electron chi connectivity index (χ2n) is 7.32. The molecule has 1 aromatic carbocycles. The lowest BCUT2D eigenvalue weighted by molar-refractivity contribution is -0.127. The molecule has 3 nitrogen and oxygen atoms in total. The molecule has 3 heterocycles. The zero-order valence-electron chi connectivity index (χ0n) is 14.1. The highest BCUT2D eigenvalue weighted by molar-refractivity contribution is 8.03. The van der Waals surface area contributed by atoms with Gasteiger partial charge in [0.1, 0.15) is 0 Å². The third-order valence-corrected chi connectivity index (χ3v) is 7.42. The van der Waals surface area contributed by atoms with Crippen molar-refractivity contribution in [3.05, 3.63) is 52.6 Å². The molecule has 4 heteroatoms. The van der Waals surface area contributed by atoms with E-state index in [0.717, 1.165) is 30.8 Å². The molecule has 0 bridgehead atoms. The summed E-state index contributed by atoms with van der Waals surface area (Å²) in [4.78, 5) is 17.0. The van der Waals surface area contributed by atoms with Crippen molar-refractivity contribution in [2.75, 3.05) is 24.7 Å². The molecule has 1 aliphatic carbocycles. The van der Waals surface area contributed by atoms with E-state index < -0.39 is 0 Å². The van der Waals surface area contributed by atoms with Gasteiger partial charge in [-0.05, 0) is 30.7 Å². The molecular formula is C20H22N2OS. The maximum Gasteiger partial charge on any atom is 0.182 e. The van der Waals surface area contributed by atoms with Crippen molar-refractivity contribution in [1.82, 2.24) is 4.90 Å². The van der Waals surface area contributed by atoms with Crippen molar-refractivity contribution in [2.45, 2.75) is 31.2 Å². The Morgan fingerprint density at radius 3 is 3.00 bits per heavy atom. The van der Waals surface area contributed by atoms with Crippen LogP contribution in [0.5, 0.6) is 0 Å². The van der Waals surface area contributed by atoms with E-state index in [9.17, 15) is 4.79 Å². The number of nitrogens with one attached hydrogen (secondary N) is 1. The lowest BCUT2D eigenvalue weighted by Gasteiger charge is -2.52. The van der Waals surface area contributed by atoms with Gasteiger partial charge in [0.25, 0.3) is 0 Å². The van der Waals surface area contributed by atoms with Crippen LogP contribution in [-0.2, 0) is 10.2 Å². The number of hydrogen-bond acceptors (Lipinski definition) is 4. The SMILES string of the molecule is CC[C@]12C=CCN3CC[C@]4(C(=C(SC)C1=O)Nc1ccccc14)[C@@H]32. The second-order valence-corrected chi connectivity index (χ2v) is 8.14. The first-order valence-corrected chi connectivity index (χ1v) is 10.0. The molecule has 0 saturated carbocycles. The van der Waals surface area contributed by atoms with Crippen LogP contribution in [0.15, 0.2) is 47.0 Å². The second kappa shape index (κ2) is 4.77. The molecule has 1 saturated heterocycles. The Hall–Kier alpha value is -1.52. The molecule has 4 aliphatic rings. The first-order chi connectivity index (χ1) is 11.7. The molecule has 1 spiro atoms. The van der Waals surface area contributed by atoms with Crippen molar-refractivity contribution < 1.29 is 4.79 Å². The average Bonchev–Trinajstić information content (AvgIpc) is 3.17. The van der Waals surface area contributed by atoms with Gasteiger partial charge in [-0.1, -0.05) is 37.3 Å². The summed E-state index contributed by atoms with van der Waals surface area (Å²) < 4.78 is 0. The molecular weight excluding hydrogens is 316 g/mol. The van der Waals surface area contributed by atoms with Crippen LogP contribution < -0.4 is 5.32 Å². The number of allylic oxidation sites excluding steroid dienone is 1. The van der Waals surface area contributed by atoms with Gasteiger partial charge >= 0.3 is 0 Å². The highest BCUT2D eigenvalue weighted by Gasteiger charge is 2.67. The monoisotopic (exact) mass is 338 g/mol. The number of benzene rings is 1. The van der Waals surface area contributed by atoms with Crippen LogP contribution in [0.25, 0.3) is 0 Å². The first kappa shape index (κ1) is 14.8. The van der Waals surface area contributed by atoms with Crippen LogP contribution in [0, 0.1) is 5.41 Å². The van der Waals surface area contributed by atoms with E-state index in [1.54, 1.807) is 11.8 Å². The van der Waals surface area contributed by atoms with Gasteiger partial charge in [-0.15, -0.1) is 11.8 Å². The number of ketones is 1. The summed E-state index contributed by atoms with van der Waals surface area (Å²) in [5, 5.41) is 3.65. The molecule has 0 radical (unpaired) electrons. The lowest BCUT2D eigenvalue weighted by Crippen LogP contribution is -2.61. The normalized spacial score (nSPS) is 36.4. The van der Waals surface area contributed by atoms with Crippen molar-refractivity contribution in [3.8, 4) is 0 Å². The summed E-state index contributed by atoms with van der Waals surface area (Å²) >= 11 is 1.62. The highest BCUT2D eigenvalue weighted by Crippen LogP contribution is 2.63. The molecule has 1 N–H and O–H groups in total. The third kappa shape index (κ3) is 1.44. The summed E-state index contributed by atoms with van der Waals surface area (Å²) in [5.41, 5.74) is 3.32. The molecule has 1 fully saturated rings. The predicted octanol–water partition coefficient (Wildman–Crippen LogP) is 3.55. The lowest BCUT2D eigenvalue weighted by atomic mass is 9.56. The fourth-order valence-corrected chi connectivity index (χ4v) is 6.52. The summed E-state index contributed by atoms with van der Waals surface area (Å²) in [7, 11) is 0. The Labute approximate surface area is 147 Å². The largest absolute Gasteiger partial charge is 0.357 e. The van der Waals surface area contributed by atoms with Gasteiger partial charge in [-0.3, -0.25) is 9.69 Å². The van der Waals surface area contributed by atoms with E-state index in [1.807, 2.05) is 6.26 Å². The minimum absolute atomic E-state index is 0.0520. The minimum Gasteiger partial charge on any atom is -0.357 e. The third-order valence-electron chi connectivity index (χ3n) is 6.63. The van der Waals surface area contributed by atoms with Crippen LogP contribution in [0.2, 0.25) is 0 Å². The minimum atomic E-state index is -0.379. The summed E-state index contributed by atoms with van der Waals surface area (Å²) in [6.07, 6.45) is 8.45. The number of Topliss-reactive ketones (excluding diaryl/α,β-unsaturated/α-hetero) is 1. The predicted molar refractivity (Wildman–Crippen MR) is 99.1 cm³/mol. The number of hydrogen-bond donors (Lipinski definition) is 1. The van der Waals surface area contributed by atoms with Crippen LogP contribution in [0.3, 0.4) is 0 Å². The number of thioether (sulfide) groups is 1. The Kier molecular flexibility index (Phi) is 2.94. The van der Waals surface area contributed by atoms with Crippen molar-refractivity contribution in [2.24, 2.45) is 5.41 Å². The van der Waals surface area contributed by atoms with E-state index in [-0.39, 0.29) is 16.9 Å². The van der Waals surface area contributed by atoms with E-state index in [0.29, 0.717) is 5.78 Å². The van der Waals surface area contributed by atoms with E-state index >= 15 is 0 Å². The van der Waals surface area contributed by atoms with Gasteiger partial charge in [0.05, 0.1) is 15.7 Å². The zero-order valence-corrected chi connectivity index (χ0v) is 15.0. The smallest absolute Gasteiger partial charge is 0.182 e. The van der Waals surface area contributed by atoms with E-state index in [1.165, 1.54) is 16.9 Å². The molecule has 1 aromatic rings. The number of nitrogens with zero attached hydrogens (tertiary/aromatic N) is 1. The number of carbonyl (C=O) groups is 1. The average molecular weight is 338 g/mol. The van der Waals surface area contributed by atoms with Gasteiger partial charge < -0.3 is 5.32 Å². The van der Waals surface area contributed by atoms with Crippen molar-refractivity contribution >= 4 is 23.2 Å². The van der Waals surface area contributed by atoms with Gasteiger partial charge in [-0.25, -0.2) is 0 Å². The quantitative estimate of drug-likeness (QED) is 0.836. The molecule has 0 amide bonds. The molecule has 0 unspecified atom stereocenters. The Bertz CT molecular complexity index is 814. The highest BCUT2D eigenvalue weighted by atomic mass is 32.2. The fourth-order valence-electron chi connectivity index (χ4n) is 5.71. The van der Waals surface area contributed by atoms with Crippen molar-refractivity contribution in [1.29, 1.82) is 0 Å². The molecule has 24 heavy (non-hydrogen) atoms. The standard InChI is InChI=1S/C20H22N2OS/c1-3-19-9-6-11-22-12-10-20(18(19)22)13-7-4-5-8-14(13)21-16(20)15(24-2)17(19)23/h4-9,18,21H,3,10-12H2,1-2H3/t18-,19-,20-/m0/s1. The van der Waals surface area contributed by atoms with Gasteiger partial charge in [-0.2, -0.15) is 0 Å². The molecule has 5 rings (SSSR count). The number of rotatable bonds is 2. The first-order valence-electron chi connectivity index (χ1n) is 8.81. The number of anilines is 1. The van der Waals surface area contributed by atoms with Crippen LogP contribution in [-0.4, -0.2) is 36.1 Å². The van der Waals surface area contributed by atoms with Gasteiger partial charge in [0.2, 0.25) is 0 Å². The molecule has 0 aromatic heterocycles. The summed E-state index contributed by atoms with van der Waals surface area (Å²) in [5.74, 6) is 0.316. The van der Waals surface area contributed by atoms with Crippen molar-refractivity contribution in [3.63, 3.8) is 0 Å². The maximum atomic E-state index is 13.6. The van der Waals surface area contributed by atoms with E-state index in [4.69, 9.17) is 0 Å². The number of carbonyl (C=O) groups excluding carboxylic acids is 1.